The highest BCUT2D eigenvalue weighted by atomic mass is 16.5. The molecule has 4 rings (SSSR count). The Hall–Kier alpha value is -3.54. The van der Waals surface area contributed by atoms with Crippen molar-refractivity contribution in [3.05, 3.63) is 65.5 Å². The van der Waals surface area contributed by atoms with Crippen molar-refractivity contribution in [3.8, 4) is 11.5 Å². The molecule has 0 atom stereocenters. The Morgan fingerprint density at radius 2 is 1.75 bits per heavy atom. The molecule has 0 N–H and O–H groups in total. The van der Waals surface area contributed by atoms with Crippen molar-refractivity contribution >= 4 is 28.7 Å². The standard InChI is InChI=1S/C22H21N3O3/c1-14-21(25-17-8-6-5-7-16(17)24(2)22(25)23-14)18(26)11-9-15-10-12-19(27-3)20(13-15)28-4/h5-13H,1-4H3/b11-9-. The maximum absolute atomic E-state index is 13.0. The predicted molar refractivity (Wildman–Crippen MR) is 109 cm³/mol. The van der Waals surface area contributed by atoms with Crippen LogP contribution < -0.4 is 9.47 Å². The van der Waals surface area contributed by atoms with Gasteiger partial charge in [-0.15, -0.1) is 0 Å². The number of ketones is 1. The number of carbonyl (C=O) groups is 1. The summed E-state index contributed by atoms with van der Waals surface area (Å²) in [6, 6.07) is 13.5. The van der Waals surface area contributed by atoms with Gasteiger partial charge in [0.05, 0.1) is 30.9 Å². The van der Waals surface area contributed by atoms with Gasteiger partial charge in [0.2, 0.25) is 11.6 Å². The van der Waals surface area contributed by atoms with Crippen LogP contribution in [0, 0.1) is 6.92 Å². The molecule has 142 valence electrons. The Morgan fingerprint density at radius 3 is 2.46 bits per heavy atom. The van der Waals surface area contributed by atoms with E-state index in [4.69, 9.17) is 9.47 Å². The van der Waals surface area contributed by atoms with E-state index in [1.54, 1.807) is 26.4 Å². The molecule has 2 heterocycles. The van der Waals surface area contributed by atoms with Crippen LogP contribution in [0.4, 0.5) is 0 Å². The Labute approximate surface area is 162 Å². The molecule has 2 aromatic carbocycles. The van der Waals surface area contributed by atoms with Crippen LogP contribution in [-0.2, 0) is 7.05 Å². The number of allylic oxidation sites excluding steroid dienone is 1. The number of benzene rings is 2. The third-order valence-electron chi connectivity index (χ3n) is 4.89. The molecule has 0 aliphatic rings. The molecule has 6 heteroatoms. The number of aryl methyl sites for hydroxylation is 2. The maximum Gasteiger partial charge on any atom is 0.215 e. The van der Waals surface area contributed by atoms with E-state index in [1.807, 2.05) is 65.4 Å². The van der Waals surface area contributed by atoms with Crippen molar-refractivity contribution in [1.82, 2.24) is 14.0 Å². The summed E-state index contributed by atoms with van der Waals surface area (Å²) in [6.07, 6.45) is 3.34. The van der Waals surface area contributed by atoms with Crippen molar-refractivity contribution in [2.24, 2.45) is 7.05 Å². The summed E-state index contributed by atoms with van der Waals surface area (Å²) in [4.78, 5) is 17.6. The molecule has 0 radical (unpaired) electrons. The van der Waals surface area contributed by atoms with Crippen molar-refractivity contribution < 1.29 is 14.3 Å². The largest absolute Gasteiger partial charge is 0.493 e. The first kappa shape index (κ1) is 17.9. The van der Waals surface area contributed by atoms with Crippen molar-refractivity contribution in [1.29, 1.82) is 0 Å². The lowest BCUT2D eigenvalue weighted by Gasteiger charge is -2.07. The first-order valence-electron chi connectivity index (χ1n) is 8.92. The van der Waals surface area contributed by atoms with Crippen LogP contribution in [0.1, 0.15) is 21.7 Å². The summed E-state index contributed by atoms with van der Waals surface area (Å²) in [5.41, 5.74) is 4.12. The number of carbonyl (C=O) groups excluding carboxylic acids is 1. The van der Waals surface area contributed by atoms with Gasteiger partial charge in [-0.1, -0.05) is 24.3 Å². The summed E-state index contributed by atoms with van der Waals surface area (Å²) >= 11 is 0. The molecule has 28 heavy (non-hydrogen) atoms. The molecule has 0 bridgehead atoms. The van der Waals surface area contributed by atoms with Gasteiger partial charge in [0, 0.05) is 7.05 Å². The van der Waals surface area contributed by atoms with Crippen LogP contribution in [-0.4, -0.2) is 34.0 Å². The number of para-hydroxylation sites is 2. The predicted octanol–water partition coefficient (Wildman–Crippen LogP) is 4.05. The van der Waals surface area contributed by atoms with Gasteiger partial charge in [0.15, 0.2) is 11.5 Å². The lowest BCUT2D eigenvalue weighted by atomic mass is 10.1. The zero-order valence-corrected chi connectivity index (χ0v) is 16.3. The van der Waals surface area contributed by atoms with E-state index in [1.165, 1.54) is 0 Å². The van der Waals surface area contributed by atoms with Crippen LogP contribution >= 0.6 is 0 Å². The third-order valence-corrected chi connectivity index (χ3v) is 4.89. The number of nitrogens with zero attached hydrogens (tertiary/aromatic N) is 3. The summed E-state index contributed by atoms with van der Waals surface area (Å²) in [7, 11) is 5.13. The molecule has 0 aliphatic heterocycles. The molecule has 6 nitrogen and oxygen atoms in total. The van der Waals surface area contributed by atoms with E-state index in [0.717, 1.165) is 22.4 Å². The van der Waals surface area contributed by atoms with Gasteiger partial charge in [-0.05, 0) is 42.8 Å². The second kappa shape index (κ2) is 6.88. The number of rotatable bonds is 5. The number of aromatic nitrogens is 3. The second-order valence-electron chi connectivity index (χ2n) is 6.54. The SMILES string of the molecule is COc1ccc(/C=C\C(=O)c2c(C)nc3n(C)c4ccccc4n23)cc1OC. The number of methoxy groups -OCH3 is 2. The van der Waals surface area contributed by atoms with Crippen molar-refractivity contribution in [3.63, 3.8) is 0 Å². The summed E-state index contributed by atoms with van der Waals surface area (Å²) in [5.74, 6) is 1.92. The number of fused-ring (bicyclic) bond motifs is 3. The Bertz CT molecular complexity index is 1230. The lowest BCUT2D eigenvalue weighted by molar-refractivity contribution is 0.104. The molecule has 0 fully saturated rings. The molecular weight excluding hydrogens is 354 g/mol. The molecule has 0 saturated carbocycles. The lowest BCUT2D eigenvalue weighted by Crippen LogP contribution is -2.01. The topological polar surface area (TPSA) is 57.8 Å². The van der Waals surface area contributed by atoms with Gasteiger partial charge in [0.25, 0.3) is 0 Å². The first-order valence-corrected chi connectivity index (χ1v) is 8.92. The fourth-order valence-corrected chi connectivity index (χ4v) is 3.51. The zero-order chi connectivity index (χ0) is 19.8. The molecule has 0 amide bonds. The molecule has 0 saturated heterocycles. The van der Waals surface area contributed by atoms with E-state index < -0.39 is 0 Å². The highest BCUT2D eigenvalue weighted by Crippen LogP contribution is 2.28. The average molecular weight is 375 g/mol. The summed E-state index contributed by atoms with van der Waals surface area (Å²) in [6.45, 7) is 1.86. The highest BCUT2D eigenvalue weighted by Gasteiger charge is 2.20. The first-order chi connectivity index (χ1) is 13.5. The molecule has 0 aliphatic carbocycles. The van der Waals surface area contributed by atoms with Gasteiger partial charge in [-0.2, -0.15) is 0 Å². The van der Waals surface area contributed by atoms with Crippen LogP contribution in [0.15, 0.2) is 48.5 Å². The van der Waals surface area contributed by atoms with Crippen LogP contribution in [0.5, 0.6) is 11.5 Å². The van der Waals surface area contributed by atoms with Crippen LogP contribution in [0.2, 0.25) is 0 Å². The van der Waals surface area contributed by atoms with E-state index in [9.17, 15) is 4.79 Å². The molecule has 0 spiro atoms. The zero-order valence-electron chi connectivity index (χ0n) is 16.3. The Balaban J connectivity index is 1.76. The van der Waals surface area contributed by atoms with Gasteiger partial charge in [-0.25, -0.2) is 4.98 Å². The molecular formula is C22H21N3O3. The van der Waals surface area contributed by atoms with Crippen LogP contribution in [0.3, 0.4) is 0 Å². The molecule has 2 aromatic heterocycles. The van der Waals surface area contributed by atoms with Crippen molar-refractivity contribution in [2.75, 3.05) is 14.2 Å². The van der Waals surface area contributed by atoms with E-state index in [0.29, 0.717) is 22.9 Å². The number of ether oxygens (including phenoxy) is 2. The van der Waals surface area contributed by atoms with E-state index >= 15 is 0 Å². The molecule has 0 unspecified atom stereocenters. The third kappa shape index (κ3) is 2.74. The monoisotopic (exact) mass is 375 g/mol. The minimum atomic E-state index is -0.101. The normalized spacial score (nSPS) is 11.6. The average Bonchev–Trinajstić information content (AvgIpc) is 3.20. The van der Waals surface area contributed by atoms with Crippen molar-refractivity contribution in [2.45, 2.75) is 6.92 Å². The quantitative estimate of drug-likeness (QED) is 0.390. The minimum Gasteiger partial charge on any atom is -0.493 e. The smallest absolute Gasteiger partial charge is 0.215 e. The number of hydrogen-bond donors (Lipinski definition) is 0. The second-order valence-corrected chi connectivity index (χ2v) is 6.54. The van der Waals surface area contributed by atoms with E-state index in [2.05, 4.69) is 4.98 Å². The summed E-state index contributed by atoms with van der Waals surface area (Å²) in [5, 5.41) is 0. The number of imidazole rings is 2. The fourth-order valence-electron chi connectivity index (χ4n) is 3.51. The molecule has 4 aromatic rings. The Kier molecular flexibility index (Phi) is 4.39. The van der Waals surface area contributed by atoms with Crippen LogP contribution in [0.25, 0.3) is 22.9 Å². The van der Waals surface area contributed by atoms with Gasteiger partial charge < -0.3 is 14.0 Å². The maximum atomic E-state index is 13.0. The Morgan fingerprint density at radius 1 is 1.04 bits per heavy atom. The number of hydrogen-bond acceptors (Lipinski definition) is 4. The van der Waals surface area contributed by atoms with Gasteiger partial charge in [-0.3, -0.25) is 9.20 Å². The minimum absolute atomic E-state index is 0.101. The van der Waals surface area contributed by atoms with Gasteiger partial charge >= 0.3 is 0 Å². The highest BCUT2D eigenvalue weighted by molar-refractivity contribution is 6.08. The van der Waals surface area contributed by atoms with E-state index in [-0.39, 0.29) is 5.78 Å². The van der Waals surface area contributed by atoms with Gasteiger partial charge in [0.1, 0.15) is 5.69 Å². The fraction of sp³-hybridized carbons (Fsp3) is 0.182. The summed E-state index contributed by atoms with van der Waals surface area (Å²) < 4.78 is 14.5.